The Labute approximate surface area is 161 Å². The van der Waals surface area contributed by atoms with Crippen LogP contribution in [0.1, 0.15) is 12.8 Å². The van der Waals surface area contributed by atoms with Gasteiger partial charge in [0.15, 0.2) is 0 Å². The zero-order valence-corrected chi connectivity index (χ0v) is 15.6. The topological polar surface area (TPSA) is 73.5 Å². The zero-order valence-electron chi connectivity index (χ0n) is 15.6. The minimum absolute atomic E-state index is 0.0875. The number of methoxy groups -OCH3 is 1. The normalized spacial score (nSPS) is 13.8. The number of para-hydroxylation sites is 1. The van der Waals surface area contributed by atoms with Crippen molar-refractivity contribution < 1.29 is 9.53 Å². The lowest BCUT2D eigenvalue weighted by Gasteiger charge is -2.18. The maximum absolute atomic E-state index is 13.2. The number of fused-ring (bicyclic) bond motifs is 1. The highest BCUT2D eigenvalue weighted by atomic mass is 16.5. The molecular formula is C21H21N3O4. The Balaban J connectivity index is 1.89. The molecule has 0 radical (unpaired) electrons. The molecule has 1 saturated heterocycles. The number of ether oxygens (including phenoxy) is 1. The Morgan fingerprint density at radius 3 is 2.36 bits per heavy atom. The molecule has 0 atom stereocenters. The summed E-state index contributed by atoms with van der Waals surface area (Å²) in [7, 11) is 1.55. The number of carbonyl (C=O) groups excluding carboxylic acids is 1. The third kappa shape index (κ3) is 3.09. The van der Waals surface area contributed by atoms with Crippen molar-refractivity contribution in [1.82, 2.24) is 14.0 Å². The van der Waals surface area contributed by atoms with Crippen LogP contribution in [0.25, 0.3) is 16.6 Å². The van der Waals surface area contributed by atoms with E-state index >= 15 is 0 Å². The van der Waals surface area contributed by atoms with Gasteiger partial charge in [-0.05, 0) is 49.2 Å². The van der Waals surface area contributed by atoms with E-state index in [2.05, 4.69) is 0 Å². The molecular weight excluding hydrogens is 358 g/mol. The summed E-state index contributed by atoms with van der Waals surface area (Å²) in [5.41, 5.74) is -0.0317. The fourth-order valence-corrected chi connectivity index (χ4v) is 3.63. The molecule has 4 rings (SSSR count). The maximum Gasteiger partial charge on any atom is 0.336 e. The van der Waals surface area contributed by atoms with Crippen molar-refractivity contribution in [3.8, 4) is 11.4 Å². The van der Waals surface area contributed by atoms with Gasteiger partial charge in [0.25, 0.3) is 5.56 Å². The first-order valence-corrected chi connectivity index (χ1v) is 9.27. The number of hydrogen-bond acceptors (Lipinski definition) is 4. The third-order valence-electron chi connectivity index (χ3n) is 5.13. The van der Waals surface area contributed by atoms with E-state index in [1.807, 2.05) is 0 Å². The van der Waals surface area contributed by atoms with E-state index in [1.54, 1.807) is 60.5 Å². The summed E-state index contributed by atoms with van der Waals surface area (Å²) < 4.78 is 7.65. The third-order valence-corrected chi connectivity index (χ3v) is 5.13. The molecule has 2 aromatic carbocycles. The molecule has 2 heterocycles. The number of nitrogens with zero attached hydrogens (tertiary/aromatic N) is 3. The Morgan fingerprint density at radius 1 is 1.00 bits per heavy atom. The van der Waals surface area contributed by atoms with Gasteiger partial charge >= 0.3 is 5.69 Å². The van der Waals surface area contributed by atoms with Crippen LogP contribution in [0.2, 0.25) is 0 Å². The molecule has 144 valence electrons. The van der Waals surface area contributed by atoms with E-state index in [0.29, 0.717) is 35.4 Å². The number of carbonyl (C=O) groups is 1. The summed E-state index contributed by atoms with van der Waals surface area (Å²) in [6.45, 7) is 1.34. The number of amides is 1. The number of hydrogen-bond donors (Lipinski definition) is 0. The van der Waals surface area contributed by atoms with Crippen molar-refractivity contribution in [2.45, 2.75) is 19.4 Å². The van der Waals surface area contributed by atoms with Crippen LogP contribution in [-0.4, -0.2) is 40.1 Å². The molecule has 1 aliphatic heterocycles. The second-order valence-electron chi connectivity index (χ2n) is 6.81. The summed E-state index contributed by atoms with van der Waals surface area (Å²) in [5, 5.41) is 0.395. The molecule has 1 fully saturated rings. The van der Waals surface area contributed by atoms with Crippen molar-refractivity contribution in [3.63, 3.8) is 0 Å². The molecule has 0 N–H and O–H groups in total. The van der Waals surface area contributed by atoms with Crippen molar-refractivity contribution in [3.05, 3.63) is 69.4 Å². The van der Waals surface area contributed by atoms with Crippen molar-refractivity contribution in [2.75, 3.05) is 20.2 Å². The Bertz CT molecular complexity index is 1140. The van der Waals surface area contributed by atoms with Crippen LogP contribution in [0.4, 0.5) is 0 Å². The number of aromatic nitrogens is 2. The number of rotatable bonds is 4. The van der Waals surface area contributed by atoms with E-state index in [0.717, 1.165) is 17.4 Å². The maximum atomic E-state index is 13.2. The van der Waals surface area contributed by atoms with Gasteiger partial charge in [0.05, 0.1) is 23.7 Å². The predicted molar refractivity (Wildman–Crippen MR) is 106 cm³/mol. The van der Waals surface area contributed by atoms with Crippen molar-refractivity contribution >= 4 is 16.8 Å². The Hall–Kier alpha value is -3.35. The fourth-order valence-electron chi connectivity index (χ4n) is 3.63. The van der Waals surface area contributed by atoms with Crippen LogP contribution in [-0.2, 0) is 11.3 Å². The molecule has 0 bridgehead atoms. The largest absolute Gasteiger partial charge is 0.497 e. The fraction of sp³-hybridized carbons (Fsp3) is 0.286. The molecule has 3 aromatic rings. The minimum atomic E-state index is -0.526. The Morgan fingerprint density at radius 2 is 1.68 bits per heavy atom. The summed E-state index contributed by atoms with van der Waals surface area (Å²) in [5.74, 6) is 0.520. The molecule has 7 nitrogen and oxygen atoms in total. The van der Waals surface area contributed by atoms with Gasteiger partial charge in [-0.3, -0.25) is 14.2 Å². The first kappa shape index (κ1) is 18.0. The highest BCUT2D eigenvalue weighted by molar-refractivity contribution is 5.82. The highest BCUT2D eigenvalue weighted by Gasteiger charge is 2.21. The second kappa shape index (κ2) is 7.34. The molecule has 1 amide bonds. The summed E-state index contributed by atoms with van der Waals surface area (Å²) >= 11 is 0. The predicted octanol–water partition coefficient (Wildman–Crippen LogP) is 1.78. The van der Waals surface area contributed by atoms with Gasteiger partial charge < -0.3 is 9.64 Å². The molecule has 0 unspecified atom stereocenters. The molecule has 7 heteroatoms. The monoisotopic (exact) mass is 379 g/mol. The average Bonchev–Trinajstić information content (AvgIpc) is 3.27. The van der Waals surface area contributed by atoms with Crippen LogP contribution in [0.15, 0.2) is 58.1 Å². The summed E-state index contributed by atoms with van der Waals surface area (Å²) in [6, 6.07) is 13.6. The lowest BCUT2D eigenvalue weighted by atomic mass is 10.2. The van der Waals surface area contributed by atoms with Gasteiger partial charge in [-0.2, -0.15) is 0 Å². The van der Waals surface area contributed by atoms with Gasteiger partial charge in [0.1, 0.15) is 12.3 Å². The van der Waals surface area contributed by atoms with Gasteiger partial charge in [-0.25, -0.2) is 9.36 Å². The van der Waals surface area contributed by atoms with Crippen molar-refractivity contribution in [1.29, 1.82) is 0 Å². The second-order valence-corrected chi connectivity index (χ2v) is 6.81. The van der Waals surface area contributed by atoms with Gasteiger partial charge in [0, 0.05) is 13.1 Å². The SMILES string of the molecule is COc1ccc(-n2c(=O)c3ccccc3n(CC(=O)N3CCCC3)c2=O)cc1. The quantitative estimate of drug-likeness (QED) is 0.693. The lowest BCUT2D eigenvalue weighted by Crippen LogP contribution is -2.42. The molecule has 1 aliphatic rings. The molecule has 0 aliphatic carbocycles. The van der Waals surface area contributed by atoms with Crippen LogP contribution >= 0.6 is 0 Å². The average molecular weight is 379 g/mol. The lowest BCUT2D eigenvalue weighted by molar-refractivity contribution is -0.130. The van der Waals surface area contributed by atoms with Gasteiger partial charge in [-0.1, -0.05) is 12.1 Å². The van der Waals surface area contributed by atoms with Crippen molar-refractivity contribution in [2.24, 2.45) is 0 Å². The van der Waals surface area contributed by atoms with Crippen LogP contribution in [0, 0.1) is 0 Å². The minimum Gasteiger partial charge on any atom is -0.497 e. The van der Waals surface area contributed by atoms with Gasteiger partial charge in [-0.15, -0.1) is 0 Å². The first-order chi connectivity index (χ1) is 13.6. The van der Waals surface area contributed by atoms with Crippen LogP contribution < -0.4 is 16.0 Å². The highest BCUT2D eigenvalue weighted by Crippen LogP contribution is 2.15. The molecule has 28 heavy (non-hydrogen) atoms. The van der Waals surface area contributed by atoms with E-state index < -0.39 is 11.2 Å². The van der Waals surface area contributed by atoms with E-state index in [1.165, 1.54) is 4.57 Å². The molecule has 0 saturated carbocycles. The number of likely N-dealkylation sites (tertiary alicyclic amines) is 1. The summed E-state index contributed by atoms with van der Waals surface area (Å²) in [4.78, 5) is 40.7. The standard InChI is InChI=1S/C21H21N3O4/c1-28-16-10-8-15(9-11-16)24-20(26)17-6-2-3-7-18(17)23(21(24)27)14-19(25)22-12-4-5-13-22/h2-3,6-11H,4-5,12-14H2,1H3. The van der Waals surface area contributed by atoms with Gasteiger partial charge in [0.2, 0.25) is 5.91 Å². The zero-order chi connectivity index (χ0) is 19.7. The Kier molecular flexibility index (Phi) is 4.73. The van der Waals surface area contributed by atoms with E-state index in [4.69, 9.17) is 4.74 Å². The van der Waals surface area contributed by atoms with Crippen LogP contribution in [0.3, 0.4) is 0 Å². The van der Waals surface area contributed by atoms with E-state index in [9.17, 15) is 14.4 Å². The van der Waals surface area contributed by atoms with Crippen LogP contribution in [0.5, 0.6) is 5.75 Å². The molecule has 0 spiro atoms. The summed E-state index contributed by atoms with van der Waals surface area (Å²) in [6.07, 6.45) is 1.96. The van der Waals surface area contributed by atoms with E-state index in [-0.39, 0.29) is 12.5 Å². The molecule has 1 aromatic heterocycles. The number of benzene rings is 2. The first-order valence-electron chi connectivity index (χ1n) is 9.27. The smallest absolute Gasteiger partial charge is 0.336 e.